The van der Waals surface area contributed by atoms with E-state index in [1.807, 2.05) is 44.2 Å². The summed E-state index contributed by atoms with van der Waals surface area (Å²) in [7, 11) is 0. The molecule has 0 bridgehead atoms. The van der Waals surface area contributed by atoms with Gasteiger partial charge in [-0.15, -0.1) is 0 Å². The Kier molecular flexibility index (Phi) is 5.56. The molecule has 0 atom stereocenters. The van der Waals surface area contributed by atoms with Gasteiger partial charge >= 0.3 is 0 Å². The van der Waals surface area contributed by atoms with Crippen molar-refractivity contribution in [3.63, 3.8) is 0 Å². The predicted octanol–water partition coefficient (Wildman–Crippen LogP) is 4.23. The topological polar surface area (TPSA) is 67.6 Å². The molecule has 1 aromatic heterocycles. The summed E-state index contributed by atoms with van der Waals surface area (Å²) in [4.78, 5) is 29.7. The van der Waals surface area contributed by atoms with Crippen molar-refractivity contribution in [1.29, 1.82) is 0 Å². The molecule has 0 aliphatic carbocycles. The highest BCUT2D eigenvalue weighted by atomic mass is 32.2. The summed E-state index contributed by atoms with van der Waals surface area (Å²) in [5.74, 6) is 0.911. The van der Waals surface area contributed by atoms with E-state index in [-0.39, 0.29) is 11.8 Å². The van der Waals surface area contributed by atoms with Crippen molar-refractivity contribution < 1.29 is 9.59 Å². The smallest absolute Gasteiger partial charge is 0.248 e. The predicted molar refractivity (Wildman–Crippen MR) is 104 cm³/mol. The molecule has 1 aliphatic rings. The number of thioether (sulfide) groups is 1. The standard InChI is InChI=1S/C19H22N4O2S/c1-4-9-15(24)22-13(3)20-17-19(22)26-18(14-11-7-6-8-12-14)21-23(17)16(25)10-5-2/h6-8,11-12H,4-5,9-10H2,1-3H3. The fourth-order valence-corrected chi connectivity index (χ4v) is 3.90. The van der Waals surface area contributed by atoms with Crippen molar-refractivity contribution >= 4 is 34.4 Å². The number of aromatic nitrogens is 2. The van der Waals surface area contributed by atoms with Crippen LogP contribution >= 0.6 is 11.8 Å². The lowest BCUT2D eigenvalue weighted by atomic mass is 10.2. The van der Waals surface area contributed by atoms with Gasteiger partial charge in [0.2, 0.25) is 11.8 Å². The van der Waals surface area contributed by atoms with Gasteiger partial charge in [0.1, 0.15) is 15.9 Å². The molecule has 3 rings (SSSR count). The van der Waals surface area contributed by atoms with Crippen LogP contribution in [0.5, 0.6) is 0 Å². The van der Waals surface area contributed by atoms with Crippen molar-refractivity contribution in [3.8, 4) is 0 Å². The molecule has 0 radical (unpaired) electrons. The van der Waals surface area contributed by atoms with E-state index in [1.54, 1.807) is 11.5 Å². The second-order valence-electron chi connectivity index (χ2n) is 6.10. The normalized spacial score (nSPS) is 13.3. The molecule has 0 unspecified atom stereocenters. The van der Waals surface area contributed by atoms with Crippen LogP contribution in [0.4, 0.5) is 5.82 Å². The van der Waals surface area contributed by atoms with Gasteiger partial charge in [0, 0.05) is 18.4 Å². The number of benzene rings is 1. The Balaban J connectivity index is 2.10. The van der Waals surface area contributed by atoms with Gasteiger partial charge in [0.25, 0.3) is 0 Å². The highest BCUT2D eigenvalue weighted by molar-refractivity contribution is 8.14. The van der Waals surface area contributed by atoms with E-state index in [9.17, 15) is 9.59 Å². The lowest BCUT2D eigenvalue weighted by Crippen LogP contribution is -2.30. The minimum atomic E-state index is -0.116. The van der Waals surface area contributed by atoms with Gasteiger partial charge in [-0.1, -0.05) is 44.2 Å². The van der Waals surface area contributed by atoms with Crippen LogP contribution in [-0.2, 0) is 4.79 Å². The van der Waals surface area contributed by atoms with E-state index in [2.05, 4.69) is 10.1 Å². The Morgan fingerprint density at radius 1 is 1.04 bits per heavy atom. The second kappa shape index (κ2) is 7.86. The highest BCUT2D eigenvalue weighted by Crippen LogP contribution is 2.38. The number of aryl methyl sites for hydroxylation is 1. The molecular formula is C19H22N4O2S. The SMILES string of the molecule is CCCC(=O)N1N=C(c2ccccc2)Sc2c1nc(C)n2C(=O)CCC. The third-order valence-corrected chi connectivity index (χ3v) is 5.07. The zero-order chi connectivity index (χ0) is 18.7. The summed E-state index contributed by atoms with van der Waals surface area (Å²) >= 11 is 1.39. The molecule has 0 N–H and O–H groups in total. The van der Waals surface area contributed by atoms with Gasteiger partial charge in [-0.25, -0.2) is 4.98 Å². The fourth-order valence-electron chi connectivity index (χ4n) is 2.79. The Morgan fingerprint density at radius 2 is 1.69 bits per heavy atom. The number of nitrogens with zero attached hydrogens (tertiary/aromatic N) is 4. The first-order chi connectivity index (χ1) is 12.6. The number of imidazole rings is 1. The summed E-state index contributed by atoms with van der Waals surface area (Å²) in [5, 5.41) is 7.26. The number of fused-ring (bicyclic) bond motifs is 1. The van der Waals surface area contributed by atoms with Crippen LogP contribution in [-0.4, -0.2) is 26.4 Å². The highest BCUT2D eigenvalue weighted by Gasteiger charge is 2.32. The van der Waals surface area contributed by atoms with Crippen molar-refractivity contribution in [2.75, 3.05) is 5.01 Å². The molecule has 1 aliphatic heterocycles. The molecule has 0 saturated carbocycles. The maximum absolute atomic E-state index is 12.6. The molecule has 1 amide bonds. The number of carbonyl (C=O) groups excluding carboxylic acids is 2. The molecule has 136 valence electrons. The van der Waals surface area contributed by atoms with E-state index in [0.717, 1.165) is 18.4 Å². The molecule has 1 aromatic carbocycles. The third-order valence-electron chi connectivity index (χ3n) is 4.00. The number of rotatable bonds is 5. The molecule has 2 heterocycles. The van der Waals surface area contributed by atoms with Crippen LogP contribution in [0.2, 0.25) is 0 Å². The van der Waals surface area contributed by atoms with Gasteiger partial charge < -0.3 is 0 Å². The Bertz CT molecular complexity index is 858. The molecule has 6 nitrogen and oxygen atoms in total. The number of hydrogen-bond donors (Lipinski definition) is 0. The van der Waals surface area contributed by atoms with Gasteiger partial charge in [0.15, 0.2) is 5.82 Å². The Labute approximate surface area is 157 Å². The Hall–Kier alpha value is -2.41. The minimum absolute atomic E-state index is 0.0107. The summed E-state index contributed by atoms with van der Waals surface area (Å²) < 4.78 is 1.62. The lowest BCUT2D eigenvalue weighted by Gasteiger charge is -2.23. The van der Waals surface area contributed by atoms with E-state index in [4.69, 9.17) is 0 Å². The van der Waals surface area contributed by atoms with Gasteiger partial charge in [-0.3, -0.25) is 14.2 Å². The first-order valence-corrected chi connectivity index (χ1v) is 9.65. The van der Waals surface area contributed by atoms with Gasteiger partial charge in [-0.05, 0) is 31.5 Å². The van der Waals surface area contributed by atoms with E-state index in [0.29, 0.717) is 34.6 Å². The second-order valence-corrected chi connectivity index (χ2v) is 7.07. The van der Waals surface area contributed by atoms with Crippen LogP contribution in [0.1, 0.15) is 55.7 Å². The Morgan fingerprint density at radius 3 is 2.35 bits per heavy atom. The summed E-state index contributed by atoms with van der Waals surface area (Å²) in [5.41, 5.74) is 0.908. The number of amides is 1. The molecule has 2 aromatic rings. The van der Waals surface area contributed by atoms with E-state index >= 15 is 0 Å². The average molecular weight is 370 g/mol. The largest absolute Gasteiger partial charge is 0.274 e. The minimum Gasteiger partial charge on any atom is -0.274 e. The lowest BCUT2D eigenvalue weighted by molar-refractivity contribution is -0.118. The average Bonchev–Trinajstić information content (AvgIpc) is 2.97. The number of carbonyl (C=O) groups is 2. The number of hydrazone groups is 1. The van der Waals surface area contributed by atoms with Crippen molar-refractivity contribution in [1.82, 2.24) is 9.55 Å². The first kappa shape index (κ1) is 18.4. The molecule has 0 saturated heterocycles. The maximum Gasteiger partial charge on any atom is 0.248 e. The van der Waals surface area contributed by atoms with Gasteiger partial charge in [0.05, 0.1) is 0 Å². The molecule has 7 heteroatoms. The maximum atomic E-state index is 12.6. The molecule has 0 spiro atoms. The van der Waals surface area contributed by atoms with Crippen molar-refractivity contribution in [3.05, 3.63) is 41.7 Å². The monoisotopic (exact) mass is 370 g/mol. The fraction of sp³-hybridized carbons (Fsp3) is 0.368. The van der Waals surface area contributed by atoms with Crippen LogP contribution in [0, 0.1) is 6.92 Å². The van der Waals surface area contributed by atoms with Crippen LogP contribution in [0.15, 0.2) is 40.5 Å². The quantitative estimate of drug-likeness (QED) is 0.790. The van der Waals surface area contributed by atoms with Gasteiger partial charge in [-0.2, -0.15) is 10.1 Å². The summed E-state index contributed by atoms with van der Waals surface area (Å²) in [6.45, 7) is 5.71. The zero-order valence-electron chi connectivity index (χ0n) is 15.2. The van der Waals surface area contributed by atoms with Crippen molar-refractivity contribution in [2.45, 2.75) is 51.5 Å². The third kappa shape index (κ3) is 3.44. The van der Waals surface area contributed by atoms with E-state index < -0.39 is 0 Å². The number of anilines is 1. The molecular weight excluding hydrogens is 348 g/mol. The zero-order valence-corrected chi connectivity index (χ0v) is 16.0. The molecule has 26 heavy (non-hydrogen) atoms. The molecule has 0 fully saturated rings. The first-order valence-electron chi connectivity index (χ1n) is 8.84. The van der Waals surface area contributed by atoms with Crippen LogP contribution < -0.4 is 5.01 Å². The summed E-state index contributed by atoms with van der Waals surface area (Å²) in [6.07, 6.45) is 2.30. The summed E-state index contributed by atoms with van der Waals surface area (Å²) in [6, 6.07) is 9.68. The van der Waals surface area contributed by atoms with Crippen LogP contribution in [0.3, 0.4) is 0 Å². The van der Waals surface area contributed by atoms with Crippen molar-refractivity contribution in [2.24, 2.45) is 5.10 Å². The van der Waals surface area contributed by atoms with E-state index in [1.165, 1.54) is 16.8 Å². The van der Waals surface area contributed by atoms with Crippen LogP contribution in [0.25, 0.3) is 0 Å². The number of hydrogen-bond acceptors (Lipinski definition) is 5.